The number of hydrogen-bond donors (Lipinski definition) is 3. The normalized spacial score (nSPS) is 16.8. The SMILES string of the molecule is C[C@@H](CC(=O)NC1(C(=O)O)CCN(Cc2ccccc2)CC1)NC(=O)OCC1c2ccccc2-c2ccccc21. The molecule has 0 spiro atoms. The van der Waals surface area contributed by atoms with Crippen LogP contribution in [0.2, 0.25) is 0 Å². The second-order valence-corrected chi connectivity index (χ2v) is 10.8. The minimum absolute atomic E-state index is 0.0487. The minimum atomic E-state index is -1.31. The first kappa shape index (κ1) is 27.4. The smallest absolute Gasteiger partial charge is 0.407 e. The fourth-order valence-corrected chi connectivity index (χ4v) is 5.82. The van der Waals surface area contributed by atoms with E-state index in [1.807, 2.05) is 54.6 Å². The number of carboxylic acids is 1. The van der Waals surface area contributed by atoms with E-state index < -0.39 is 29.6 Å². The summed E-state index contributed by atoms with van der Waals surface area (Å²) in [6, 6.07) is 25.7. The van der Waals surface area contributed by atoms with Gasteiger partial charge in [0.2, 0.25) is 5.91 Å². The molecular formula is C32H35N3O5. The molecule has 0 aromatic heterocycles. The van der Waals surface area contributed by atoms with E-state index in [-0.39, 0.29) is 18.9 Å². The molecule has 3 N–H and O–H groups in total. The van der Waals surface area contributed by atoms with Crippen LogP contribution in [-0.2, 0) is 20.9 Å². The van der Waals surface area contributed by atoms with Crippen molar-refractivity contribution >= 4 is 18.0 Å². The van der Waals surface area contributed by atoms with E-state index in [0.29, 0.717) is 25.9 Å². The van der Waals surface area contributed by atoms with Crippen molar-refractivity contribution in [2.45, 2.75) is 50.2 Å². The van der Waals surface area contributed by atoms with Gasteiger partial charge in [0, 0.05) is 38.0 Å². The molecule has 1 atom stereocenters. The molecule has 2 aliphatic rings. The number of benzene rings is 3. The number of alkyl carbamates (subject to hydrolysis) is 1. The number of aliphatic carboxylic acids is 1. The average molecular weight is 542 g/mol. The Morgan fingerprint density at radius 1 is 0.925 bits per heavy atom. The Hall–Kier alpha value is -4.17. The van der Waals surface area contributed by atoms with E-state index in [1.165, 1.54) is 5.56 Å². The predicted octanol–water partition coefficient (Wildman–Crippen LogP) is 4.54. The van der Waals surface area contributed by atoms with Gasteiger partial charge in [0.05, 0.1) is 0 Å². The first-order chi connectivity index (χ1) is 19.3. The molecule has 2 amide bonds. The monoisotopic (exact) mass is 541 g/mol. The van der Waals surface area contributed by atoms with Crippen LogP contribution in [0.15, 0.2) is 78.9 Å². The third-order valence-electron chi connectivity index (χ3n) is 7.95. The summed E-state index contributed by atoms with van der Waals surface area (Å²) >= 11 is 0. The summed E-state index contributed by atoms with van der Waals surface area (Å²) in [5.74, 6) is -1.50. The van der Waals surface area contributed by atoms with Crippen molar-refractivity contribution in [2.24, 2.45) is 0 Å². The van der Waals surface area contributed by atoms with E-state index in [1.54, 1.807) is 6.92 Å². The molecule has 8 heteroatoms. The zero-order valence-electron chi connectivity index (χ0n) is 22.6. The molecule has 1 fully saturated rings. The Morgan fingerprint density at radius 3 is 2.10 bits per heavy atom. The number of ether oxygens (including phenoxy) is 1. The lowest BCUT2D eigenvalue weighted by Gasteiger charge is -2.39. The Balaban J connectivity index is 1.10. The molecule has 8 nitrogen and oxygen atoms in total. The molecule has 1 aliphatic carbocycles. The Bertz CT molecular complexity index is 1320. The predicted molar refractivity (Wildman–Crippen MR) is 152 cm³/mol. The minimum Gasteiger partial charge on any atom is -0.480 e. The number of fused-ring (bicyclic) bond motifs is 3. The first-order valence-corrected chi connectivity index (χ1v) is 13.8. The first-order valence-electron chi connectivity index (χ1n) is 13.8. The van der Waals surface area contributed by atoms with Crippen LogP contribution in [-0.4, -0.2) is 59.3 Å². The highest BCUT2D eigenvalue weighted by molar-refractivity contribution is 5.87. The highest BCUT2D eigenvalue weighted by atomic mass is 16.5. The number of carbonyl (C=O) groups excluding carboxylic acids is 2. The van der Waals surface area contributed by atoms with E-state index >= 15 is 0 Å². The second kappa shape index (κ2) is 11.9. The van der Waals surface area contributed by atoms with Crippen LogP contribution in [0.5, 0.6) is 0 Å². The van der Waals surface area contributed by atoms with Gasteiger partial charge in [-0.3, -0.25) is 9.69 Å². The van der Waals surface area contributed by atoms with Crippen molar-refractivity contribution in [3.05, 3.63) is 95.6 Å². The van der Waals surface area contributed by atoms with Gasteiger partial charge in [0.25, 0.3) is 0 Å². The van der Waals surface area contributed by atoms with Crippen LogP contribution < -0.4 is 10.6 Å². The molecule has 0 unspecified atom stereocenters. The summed E-state index contributed by atoms with van der Waals surface area (Å²) in [6.07, 6.45) is -0.0266. The molecule has 0 bridgehead atoms. The molecule has 0 saturated carbocycles. The number of carboxylic acid groups (broad SMARTS) is 1. The van der Waals surface area contributed by atoms with Crippen LogP contribution in [0.25, 0.3) is 11.1 Å². The van der Waals surface area contributed by atoms with Crippen LogP contribution in [0, 0.1) is 0 Å². The third kappa shape index (κ3) is 6.02. The summed E-state index contributed by atoms with van der Waals surface area (Å²) in [5, 5.41) is 15.5. The molecule has 3 aromatic rings. The number of hydrogen-bond acceptors (Lipinski definition) is 5. The van der Waals surface area contributed by atoms with Crippen LogP contribution in [0.1, 0.15) is 48.8 Å². The van der Waals surface area contributed by atoms with Gasteiger partial charge in [-0.15, -0.1) is 0 Å². The fourth-order valence-electron chi connectivity index (χ4n) is 5.82. The largest absolute Gasteiger partial charge is 0.480 e. The number of carbonyl (C=O) groups is 3. The van der Waals surface area contributed by atoms with E-state index in [4.69, 9.17) is 4.74 Å². The van der Waals surface area contributed by atoms with Gasteiger partial charge in [-0.2, -0.15) is 0 Å². The van der Waals surface area contributed by atoms with Crippen molar-refractivity contribution in [3.8, 4) is 11.1 Å². The van der Waals surface area contributed by atoms with Gasteiger partial charge in [0.15, 0.2) is 0 Å². The molecule has 5 rings (SSSR count). The van der Waals surface area contributed by atoms with Crippen molar-refractivity contribution in [3.63, 3.8) is 0 Å². The molecular weight excluding hydrogens is 506 g/mol. The summed E-state index contributed by atoms with van der Waals surface area (Å²) in [5.41, 5.74) is 4.40. The second-order valence-electron chi connectivity index (χ2n) is 10.8. The number of nitrogens with zero attached hydrogens (tertiary/aromatic N) is 1. The van der Waals surface area contributed by atoms with E-state index in [0.717, 1.165) is 28.8 Å². The van der Waals surface area contributed by atoms with Crippen molar-refractivity contribution in [1.29, 1.82) is 0 Å². The van der Waals surface area contributed by atoms with Gasteiger partial charge < -0.3 is 20.5 Å². The Labute approximate surface area is 234 Å². The van der Waals surface area contributed by atoms with Crippen LogP contribution in [0.3, 0.4) is 0 Å². The fraction of sp³-hybridized carbons (Fsp3) is 0.344. The standard InChI is InChI=1S/C32H35N3O5/c1-22(33-31(39)40-21-28-26-13-7-5-11-24(26)25-12-6-8-14-27(25)28)19-29(36)34-32(30(37)38)15-17-35(18-16-32)20-23-9-3-2-4-10-23/h2-14,22,28H,15-21H2,1H3,(H,33,39)(H,34,36)(H,37,38)/t22-/m0/s1. The Morgan fingerprint density at radius 2 is 1.50 bits per heavy atom. The lowest BCUT2D eigenvalue weighted by Crippen LogP contribution is -2.60. The third-order valence-corrected chi connectivity index (χ3v) is 7.95. The zero-order chi connectivity index (χ0) is 28.1. The van der Waals surface area contributed by atoms with Gasteiger partial charge in [-0.25, -0.2) is 9.59 Å². The molecule has 0 radical (unpaired) electrons. The summed E-state index contributed by atoms with van der Waals surface area (Å²) in [7, 11) is 0. The maximum absolute atomic E-state index is 12.8. The van der Waals surface area contributed by atoms with Gasteiger partial charge in [-0.05, 0) is 47.6 Å². The van der Waals surface area contributed by atoms with Crippen LogP contribution in [0.4, 0.5) is 4.79 Å². The Kier molecular flexibility index (Phi) is 8.16. The average Bonchev–Trinajstić information content (AvgIpc) is 3.27. The van der Waals surface area contributed by atoms with Gasteiger partial charge >= 0.3 is 12.1 Å². The summed E-state index contributed by atoms with van der Waals surface area (Å²) in [4.78, 5) is 39.8. The molecule has 1 heterocycles. The number of nitrogens with one attached hydrogen (secondary N) is 2. The number of amides is 2. The summed E-state index contributed by atoms with van der Waals surface area (Å²) < 4.78 is 5.58. The van der Waals surface area contributed by atoms with Gasteiger partial charge in [0.1, 0.15) is 12.1 Å². The highest BCUT2D eigenvalue weighted by Gasteiger charge is 2.43. The van der Waals surface area contributed by atoms with E-state index in [9.17, 15) is 19.5 Å². The quantitative estimate of drug-likeness (QED) is 0.367. The highest BCUT2D eigenvalue weighted by Crippen LogP contribution is 2.44. The lowest BCUT2D eigenvalue weighted by molar-refractivity contribution is -0.150. The van der Waals surface area contributed by atoms with Crippen LogP contribution >= 0.6 is 0 Å². The number of likely N-dealkylation sites (tertiary alicyclic amines) is 1. The number of piperidine rings is 1. The summed E-state index contributed by atoms with van der Waals surface area (Å²) in [6.45, 7) is 3.76. The van der Waals surface area contributed by atoms with Crippen molar-refractivity contribution in [2.75, 3.05) is 19.7 Å². The maximum atomic E-state index is 12.8. The lowest BCUT2D eigenvalue weighted by atomic mass is 9.87. The van der Waals surface area contributed by atoms with E-state index in [2.05, 4.69) is 39.8 Å². The van der Waals surface area contributed by atoms with Gasteiger partial charge in [-0.1, -0.05) is 78.9 Å². The molecule has 208 valence electrons. The maximum Gasteiger partial charge on any atom is 0.407 e. The van der Waals surface area contributed by atoms with Crippen molar-refractivity contribution < 1.29 is 24.2 Å². The molecule has 3 aromatic carbocycles. The van der Waals surface area contributed by atoms with Crippen molar-refractivity contribution in [1.82, 2.24) is 15.5 Å². The number of rotatable bonds is 9. The molecule has 1 aliphatic heterocycles. The molecule has 40 heavy (non-hydrogen) atoms. The topological polar surface area (TPSA) is 108 Å². The zero-order valence-corrected chi connectivity index (χ0v) is 22.6. The molecule has 1 saturated heterocycles.